The Morgan fingerprint density at radius 3 is 1.43 bits per heavy atom. The van der Waals surface area contributed by atoms with Crippen LogP contribution in [0, 0.1) is 0 Å². The van der Waals surface area contributed by atoms with E-state index < -0.39 is 0 Å². The van der Waals surface area contributed by atoms with E-state index in [0.29, 0.717) is 23.8 Å². The van der Waals surface area contributed by atoms with Crippen LogP contribution in [-0.4, -0.2) is 71.2 Å². The van der Waals surface area contributed by atoms with Gasteiger partial charge < -0.3 is 30.7 Å². The van der Waals surface area contributed by atoms with Crippen LogP contribution < -0.4 is 20.9 Å². The Labute approximate surface area is 237 Å². The molecule has 2 aliphatic rings. The molecule has 2 aromatic carbocycles. The Kier molecular flexibility index (Phi) is 9.19. The Bertz CT molecular complexity index is 1290. The standard InChI is InChI=1S/2C16H21N3O/c2*1-2-19-9-6-13(7-10-19)20-14-3-4-15-12(11-14)5-8-18-16(15)17/h2*3-5,8,11,13H,2,6-7,9-10H2,1H3,(H2,17,18). The zero-order valence-electron chi connectivity index (χ0n) is 23.8. The van der Waals surface area contributed by atoms with Crippen molar-refractivity contribution in [1.82, 2.24) is 19.8 Å². The fourth-order valence-electron chi connectivity index (χ4n) is 5.58. The summed E-state index contributed by atoms with van der Waals surface area (Å²) >= 11 is 0. The van der Waals surface area contributed by atoms with Gasteiger partial charge in [-0.2, -0.15) is 0 Å². The van der Waals surface area contributed by atoms with Crippen molar-refractivity contribution < 1.29 is 9.47 Å². The topological polar surface area (TPSA) is 103 Å². The zero-order valence-corrected chi connectivity index (χ0v) is 23.8. The quantitative estimate of drug-likeness (QED) is 0.336. The van der Waals surface area contributed by atoms with E-state index in [1.165, 1.54) is 0 Å². The predicted octanol–water partition coefficient (Wildman–Crippen LogP) is 5.36. The average molecular weight is 543 g/mol. The number of anilines is 2. The number of fused-ring (bicyclic) bond motifs is 2. The summed E-state index contributed by atoms with van der Waals surface area (Å²) in [5.41, 5.74) is 11.7. The maximum Gasteiger partial charge on any atom is 0.131 e. The molecular weight excluding hydrogens is 500 g/mol. The second-order valence-electron chi connectivity index (χ2n) is 10.7. The van der Waals surface area contributed by atoms with Gasteiger partial charge in [0, 0.05) is 49.3 Å². The first kappa shape index (κ1) is 27.9. The Hall–Kier alpha value is -3.62. The molecule has 0 atom stereocenters. The van der Waals surface area contributed by atoms with E-state index in [1.807, 2.05) is 36.4 Å². The molecule has 6 rings (SSSR count). The molecule has 2 aromatic heterocycles. The second-order valence-corrected chi connectivity index (χ2v) is 10.7. The van der Waals surface area contributed by atoms with Gasteiger partial charge in [-0.1, -0.05) is 13.8 Å². The lowest BCUT2D eigenvalue weighted by molar-refractivity contribution is 0.104. The van der Waals surface area contributed by atoms with E-state index in [0.717, 1.165) is 98.0 Å². The van der Waals surface area contributed by atoms with E-state index >= 15 is 0 Å². The third-order valence-electron chi connectivity index (χ3n) is 8.10. The van der Waals surface area contributed by atoms with E-state index in [2.05, 4.69) is 45.7 Å². The molecule has 0 unspecified atom stereocenters. The highest BCUT2D eigenvalue weighted by Crippen LogP contribution is 2.27. The molecule has 8 heteroatoms. The highest BCUT2D eigenvalue weighted by atomic mass is 16.5. The zero-order chi connectivity index (χ0) is 27.9. The van der Waals surface area contributed by atoms with Crippen molar-refractivity contribution in [3.63, 3.8) is 0 Å². The van der Waals surface area contributed by atoms with E-state index in [9.17, 15) is 0 Å². The molecule has 4 heterocycles. The Balaban J connectivity index is 0.000000161. The summed E-state index contributed by atoms with van der Waals surface area (Å²) in [6.45, 7) is 11.2. The minimum Gasteiger partial charge on any atom is -0.490 e. The van der Waals surface area contributed by atoms with Gasteiger partial charge in [-0.05, 0) is 98.1 Å². The first-order chi connectivity index (χ1) is 19.5. The highest BCUT2D eigenvalue weighted by molar-refractivity contribution is 5.92. The van der Waals surface area contributed by atoms with Crippen LogP contribution in [0.25, 0.3) is 21.5 Å². The van der Waals surface area contributed by atoms with Crippen molar-refractivity contribution in [3.8, 4) is 11.5 Å². The summed E-state index contributed by atoms with van der Waals surface area (Å²) in [5, 5.41) is 4.14. The lowest BCUT2D eigenvalue weighted by Crippen LogP contribution is -2.37. The van der Waals surface area contributed by atoms with Crippen LogP contribution in [-0.2, 0) is 0 Å². The average Bonchev–Trinajstić information content (AvgIpc) is 2.98. The first-order valence-electron chi connectivity index (χ1n) is 14.6. The molecule has 0 saturated carbocycles. The summed E-state index contributed by atoms with van der Waals surface area (Å²) in [4.78, 5) is 13.1. The summed E-state index contributed by atoms with van der Waals surface area (Å²) in [6, 6.07) is 16.0. The molecule has 2 aliphatic heterocycles. The molecule has 0 spiro atoms. The van der Waals surface area contributed by atoms with Gasteiger partial charge in [0.25, 0.3) is 0 Å². The normalized spacial score (nSPS) is 17.4. The minimum absolute atomic E-state index is 0.328. The van der Waals surface area contributed by atoms with Gasteiger partial charge in [-0.3, -0.25) is 0 Å². The number of hydrogen-bond acceptors (Lipinski definition) is 8. The van der Waals surface area contributed by atoms with Gasteiger partial charge in [0.2, 0.25) is 0 Å². The van der Waals surface area contributed by atoms with Gasteiger partial charge in [0.05, 0.1) is 0 Å². The van der Waals surface area contributed by atoms with E-state index in [4.69, 9.17) is 20.9 Å². The number of nitrogens with two attached hydrogens (primary N) is 2. The molecule has 2 saturated heterocycles. The largest absolute Gasteiger partial charge is 0.490 e. The van der Waals surface area contributed by atoms with Crippen molar-refractivity contribution in [2.45, 2.75) is 51.7 Å². The Morgan fingerprint density at radius 1 is 0.650 bits per heavy atom. The maximum atomic E-state index is 6.11. The molecule has 8 nitrogen and oxygen atoms in total. The molecule has 2 fully saturated rings. The van der Waals surface area contributed by atoms with E-state index in [1.54, 1.807) is 12.4 Å². The van der Waals surface area contributed by atoms with Crippen molar-refractivity contribution in [1.29, 1.82) is 0 Å². The molecule has 0 bridgehead atoms. The molecule has 4 N–H and O–H groups in total. The summed E-state index contributed by atoms with van der Waals surface area (Å²) < 4.78 is 12.2. The first-order valence-corrected chi connectivity index (χ1v) is 14.6. The lowest BCUT2D eigenvalue weighted by Gasteiger charge is -2.31. The molecule has 0 aliphatic carbocycles. The third-order valence-corrected chi connectivity index (χ3v) is 8.10. The van der Waals surface area contributed by atoms with Gasteiger partial charge in [0.1, 0.15) is 35.3 Å². The summed E-state index contributed by atoms with van der Waals surface area (Å²) in [7, 11) is 0. The van der Waals surface area contributed by atoms with E-state index in [-0.39, 0.29) is 0 Å². The van der Waals surface area contributed by atoms with Crippen molar-refractivity contribution in [3.05, 3.63) is 60.9 Å². The van der Waals surface area contributed by atoms with Crippen molar-refractivity contribution in [2.75, 3.05) is 50.7 Å². The Morgan fingerprint density at radius 2 is 1.05 bits per heavy atom. The van der Waals surface area contributed by atoms with Crippen LogP contribution in [0.5, 0.6) is 11.5 Å². The van der Waals surface area contributed by atoms with Crippen LogP contribution in [0.15, 0.2) is 60.9 Å². The minimum atomic E-state index is 0.328. The molecule has 0 amide bonds. The molecule has 40 heavy (non-hydrogen) atoms. The molecule has 4 aromatic rings. The SMILES string of the molecule is CCN1CCC(Oc2ccc3c(N)nccc3c2)CC1.CCN1CCC(Oc2ccc3c(N)nccc3c2)CC1. The second kappa shape index (κ2) is 13.2. The smallest absolute Gasteiger partial charge is 0.131 e. The van der Waals surface area contributed by atoms with Crippen LogP contribution in [0.3, 0.4) is 0 Å². The number of piperidine rings is 2. The lowest BCUT2D eigenvalue weighted by atomic mass is 10.1. The summed E-state index contributed by atoms with van der Waals surface area (Å²) in [6.07, 6.45) is 8.54. The molecular formula is C32H42N6O2. The number of hydrogen-bond donors (Lipinski definition) is 2. The number of nitrogens with zero attached hydrogens (tertiary/aromatic N) is 4. The van der Waals surface area contributed by atoms with Crippen LogP contribution in [0.1, 0.15) is 39.5 Å². The molecule has 212 valence electrons. The monoisotopic (exact) mass is 542 g/mol. The summed E-state index contributed by atoms with van der Waals surface area (Å²) in [5.74, 6) is 3.01. The highest BCUT2D eigenvalue weighted by Gasteiger charge is 2.20. The van der Waals surface area contributed by atoms with Gasteiger partial charge >= 0.3 is 0 Å². The molecule has 0 radical (unpaired) electrons. The van der Waals surface area contributed by atoms with Gasteiger partial charge in [-0.25, -0.2) is 9.97 Å². The van der Waals surface area contributed by atoms with Crippen LogP contribution >= 0.6 is 0 Å². The number of nitrogen functional groups attached to an aromatic ring is 2. The fraction of sp³-hybridized carbons (Fsp3) is 0.438. The maximum absolute atomic E-state index is 6.11. The number of benzene rings is 2. The third kappa shape index (κ3) is 6.92. The van der Waals surface area contributed by atoms with Crippen LogP contribution in [0.4, 0.5) is 11.6 Å². The number of rotatable bonds is 6. The predicted molar refractivity (Wildman–Crippen MR) is 164 cm³/mol. The number of aromatic nitrogens is 2. The number of likely N-dealkylation sites (tertiary alicyclic amines) is 2. The number of pyridine rings is 2. The van der Waals surface area contributed by atoms with Gasteiger partial charge in [0.15, 0.2) is 0 Å². The van der Waals surface area contributed by atoms with Crippen molar-refractivity contribution in [2.24, 2.45) is 0 Å². The van der Waals surface area contributed by atoms with Crippen LogP contribution in [0.2, 0.25) is 0 Å². The van der Waals surface area contributed by atoms with Gasteiger partial charge in [-0.15, -0.1) is 0 Å². The number of ether oxygens (including phenoxy) is 2. The fourth-order valence-corrected chi connectivity index (χ4v) is 5.58. The van der Waals surface area contributed by atoms with Crippen molar-refractivity contribution >= 4 is 33.2 Å².